The van der Waals surface area contributed by atoms with Crippen molar-refractivity contribution in [2.24, 2.45) is 4.99 Å². The molecule has 0 saturated carbocycles. The zero-order valence-electron chi connectivity index (χ0n) is 20.0. The van der Waals surface area contributed by atoms with E-state index in [9.17, 15) is 4.79 Å². The van der Waals surface area contributed by atoms with Crippen LogP contribution in [-0.4, -0.2) is 23.7 Å². The highest BCUT2D eigenvalue weighted by atomic mass is 32.2. The van der Waals surface area contributed by atoms with Crippen LogP contribution < -0.4 is 9.80 Å². The first kappa shape index (κ1) is 22.5. The molecule has 1 unspecified atom stereocenters. The van der Waals surface area contributed by atoms with E-state index in [2.05, 4.69) is 55.9 Å². The van der Waals surface area contributed by atoms with Crippen molar-refractivity contribution in [3.8, 4) is 0 Å². The normalized spacial score (nSPS) is 20.3. The summed E-state index contributed by atoms with van der Waals surface area (Å²) >= 11 is 1.43. The molecular formula is C29H29N3OS. The molecule has 0 saturated heterocycles. The van der Waals surface area contributed by atoms with Gasteiger partial charge in [-0.1, -0.05) is 49.4 Å². The summed E-state index contributed by atoms with van der Waals surface area (Å²) in [5, 5.41) is 0.668. The Balaban J connectivity index is 1.46. The molecule has 172 valence electrons. The van der Waals surface area contributed by atoms with Crippen molar-refractivity contribution in [2.75, 3.05) is 16.8 Å². The maximum absolute atomic E-state index is 12.9. The first-order chi connectivity index (χ1) is 16.3. The van der Waals surface area contributed by atoms with Crippen LogP contribution in [0.1, 0.15) is 44.2 Å². The van der Waals surface area contributed by atoms with Crippen LogP contribution in [-0.2, 0) is 4.79 Å². The number of fused-ring (bicyclic) bond motifs is 1. The fourth-order valence-corrected chi connectivity index (χ4v) is 5.81. The van der Waals surface area contributed by atoms with Gasteiger partial charge >= 0.3 is 0 Å². The minimum atomic E-state index is -0.194. The van der Waals surface area contributed by atoms with Crippen LogP contribution in [0.3, 0.4) is 0 Å². The van der Waals surface area contributed by atoms with Crippen LogP contribution in [0.2, 0.25) is 0 Å². The van der Waals surface area contributed by atoms with E-state index in [-0.39, 0.29) is 11.4 Å². The number of nitrogens with zero attached hydrogens (tertiary/aromatic N) is 3. The number of para-hydroxylation sites is 2. The van der Waals surface area contributed by atoms with E-state index in [4.69, 9.17) is 0 Å². The second-order valence-corrected chi connectivity index (χ2v) is 10.6. The molecule has 0 bridgehead atoms. The molecule has 3 aromatic carbocycles. The van der Waals surface area contributed by atoms with Gasteiger partial charge in [0, 0.05) is 29.6 Å². The van der Waals surface area contributed by atoms with Crippen molar-refractivity contribution < 1.29 is 4.79 Å². The van der Waals surface area contributed by atoms with E-state index in [1.807, 2.05) is 71.6 Å². The van der Waals surface area contributed by atoms with Gasteiger partial charge in [0.05, 0.1) is 4.91 Å². The Kier molecular flexibility index (Phi) is 5.82. The topological polar surface area (TPSA) is 35.9 Å². The van der Waals surface area contributed by atoms with Crippen molar-refractivity contribution in [1.29, 1.82) is 0 Å². The van der Waals surface area contributed by atoms with Crippen molar-refractivity contribution >= 4 is 46.0 Å². The van der Waals surface area contributed by atoms with Crippen LogP contribution in [0.4, 0.5) is 17.1 Å². The molecule has 0 spiro atoms. The van der Waals surface area contributed by atoms with E-state index >= 15 is 0 Å². The second-order valence-electron chi connectivity index (χ2n) is 9.61. The van der Waals surface area contributed by atoms with Crippen molar-refractivity contribution in [2.45, 2.75) is 38.6 Å². The monoisotopic (exact) mass is 467 g/mol. The van der Waals surface area contributed by atoms with Crippen molar-refractivity contribution in [3.05, 3.63) is 94.9 Å². The molecule has 1 atom stereocenters. The van der Waals surface area contributed by atoms with Gasteiger partial charge in [-0.2, -0.15) is 4.99 Å². The SMILES string of the molecule is CC1CC(C)(C)N(C)c2ccc(/C=C3/SC(N(c4ccccc4)c4ccccc4)=NC3=O)cc21. The quantitative estimate of drug-likeness (QED) is 0.381. The summed E-state index contributed by atoms with van der Waals surface area (Å²) in [6, 6.07) is 26.6. The average molecular weight is 468 g/mol. The van der Waals surface area contributed by atoms with Gasteiger partial charge in [-0.05, 0) is 91.5 Å². The number of carbonyl (C=O) groups excluding carboxylic acids is 1. The summed E-state index contributed by atoms with van der Waals surface area (Å²) in [4.78, 5) is 22.4. The smallest absolute Gasteiger partial charge is 0.286 e. The minimum Gasteiger partial charge on any atom is -0.369 e. The van der Waals surface area contributed by atoms with E-state index in [0.717, 1.165) is 23.4 Å². The maximum atomic E-state index is 12.9. The lowest BCUT2D eigenvalue weighted by molar-refractivity contribution is -0.113. The minimum absolute atomic E-state index is 0.130. The molecule has 0 fully saturated rings. The number of hydrogen-bond donors (Lipinski definition) is 0. The molecule has 2 heterocycles. The summed E-state index contributed by atoms with van der Waals surface area (Å²) in [5.41, 5.74) is 5.72. The molecule has 3 aromatic rings. The van der Waals surface area contributed by atoms with E-state index in [1.165, 1.54) is 23.0 Å². The van der Waals surface area contributed by atoms with Crippen LogP contribution >= 0.6 is 11.8 Å². The third-order valence-corrected chi connectivity index (χ3v) is 7.75. The molecule has 2 aliphatic heterocycles. The van der Waals surface area contributed by atoms with Crippen LogP contribution in [0.5, 0.6) is 0 Å². The van der Waals surface area contributed by atoms with Gasteiger partial charge in [0.1, 0.15) is 0 Å². The van der Waals surface area contributed by atoms with E-state index < -0.39 is 0 Å². The number of benzene rings is 3. The lowest BCUT2D eigenvalue weighted by Gasteiger charge is -2.45. The zero-order chi connectivity index (χ0) is 23.9. The van der Waals surface area contributed by atoms with E-state index in [1.54, 1.807) is 0 Å². The Morgan fingerprint density at radius 2 is 1.62 bits per heavy atom. The molecule has 1 amide bonds. The number of amidine groups is 1. The number of amides is 1. The van der Waals surface area contributed by atoms with Gasteiger partial charge in [0.15, 0.2) is 5.17 Å². The number of thioether (sulfide) groups is 1. The molecule has 2 aliphatic rings. The Morgan fingerprint density at radius 1 is 1.00 bits per heavy atom. The number of rotatable bonds is 3. The highest BCUT2D eigenvalue weighted by Crippen LogP contribution is 2.43. The third kappa shape index (κ3) is 4.16. The lowest BCUT2D eigenvalue weighted by Crippen LogP contribution is -2.45. The molecule has 5 heteroatoms. The molecular weight excluding hydrogens is 438 g/mol. The zero-order valence-corrected chi connectivity index (χ0v) is 20.8. The van der Waals surface area contributed by atoms with Gasteiger partial charge in [-0.15, -0.1) is 0 Å². The average Bonchev–Trinajstić information content (AvgIpc) is 3.18. The Bertz CT molecular complexity index is 1240. The fraction of sp³-hybridized carbons (Fsp3) is 0.241. The van der Waals surface area contributed by atoms with Gasteiger partial charge in [-0.25, -0.2) is 0 Å². The second kappa shape index (κ2) is 8.80. The molecule has 5 rings (SSSR count). The summed E-state index contributed by atoms with van der Waals surface area (Å²) in [7, 11) is 2.17. The van der Waals surface area contributed by atoms with E-state index in [0.29, 0.717) is 16.0 Å². The highest BCUT2D eigenvalue weighted by Gasteiger charge is 2.34. The molecule has 0 aliphatic carbocycles. The number of carbonyl (C=O) groups is 1. The molecule has 34 heavy (non-hydrogen) atoms. The Labute approximate surface area is 206 Å². The predicted molar refractivity (Wildman–Crippen MR) is 145 cm³/mol. The number of anilines is 3. The summed E-state index contributed by atoms with van der Waals surface area (Å²) in [6.07, 6.45) is 3.07. The Morgan fingerprint density at radius 3 is 2.24 bits per heavy atom. The third-order valence-electron chi connectivity index (χ3n) is 6.78. The van der Waals surface area contributed by atoms with Crippen LogP contribution in [0.15, 0.2) is 88.8 Å². The van der Waals surface area contributed by atoms with Gasteiger partial charge < -0.3 is 4.90 Å². The van der Waals surface area contributed by atoms with Crippen molar-refractivity contribution in [1.82, 2.24) is 0 Å². The highest BCUT2D eigenvalue weighted by molar-refractivity contribution is 8.18. The Hall–Kier alpha value is -3.31. The van der Waals surface area contributed by atoms with Gasteiger partial charge in [0.2, 0.25) is 0 Å². The largest absolute Gasteiger partial charge is 0.369 e. The van der Waals surface area contributed by atoms with Crippen LogP contribution in [0, 0.1) is 0 Å². The summed E-state index contributed by atoms with van der Waals surface area (Å²) in [5.74, 6) is 0.269. The molecule has 0 radical (unpaired) electrons. The number of hydrogen-bond acceptors (Lipinski definition) is 4. The van der Waals surface area contributed by atoms with Gasteiger partial charge in [0.25, 0.3) is 5.91 Å². The first-order valence-electron chi connectivity index (χ1n) is 11.6. The summed E-state index contributed by atoms with van der Waals surface area (Å²) < 4.78 is 0. The fourth-order valence-electron chi connectivity index (χ4n) is 4.85. The van der Waals surface area contributed by atoms with Crippen molar-refractivity contribution in [3.63, 3.8) is 0 Å². The maximum Gasteiger partial charge on any atom is 0.286 e. The molecule has 0 N–H and O–H groups in total. The van der Waals surface area contributed by atoms with Crippen LogP contribution in [0.25, 0.3) is 6.08 Å². The lowest BCUT2D eigenvalue weighted by atomic mass is 9.80. The standard InChI is InChI=1S/C29H29N3OS/c1-20-19-29(2,3)31(4)25-16-15-21(17-24(20)25)18-26-27(33)30-28(34-26)32(22-11-7-5-8-12-22)23-13-9-6-10-14-23/h5-18,20H,19H2,1-4H3/b26-18+. The predicted octanol–water partition coefficient (Wildman–Crippen LogP) is 7.22. The summed E-state index contributed by atoms with van der Waals surface area (Å²) in [6.45, 7) is 6.87. The molecule has 0 aromatic heterocycles. The van der Waals surface area contributed by atoms with Gasteiger partial charge in [-0.3, -0.25) is 9.69 Å². The first-order valence-corrected chi connectivity index (χ1v) is 12.5. The number of aliphatic imine (C=N–C) groups is 1. The molecule has 4 nitrogen and oxygen atoms in total.